The van der Waals surface area contributed by atoms with Crippen LogP contribution in [-0.4, -0.2) is 34.7 Å². The highest BCUT2D eigenvalue weighted by Gasteiger charge is 2.21. The molecule has 0 spiro atoms. The molecule has 3 aromatic rings. The number of hydrogen-bond donors (Lipinski definition) is 2. The van der Waals surface area contributed by atoms with E-state index in [1.807, 2.05) is 26.1 Å². The molecule has 0 amide bonds. The highest BCUT2D eigenvalue weighted by atomic mass is 32.2. The SMILES string of the molecule is Cc1cc(-c2cc(S(=O)(=O)NCCCn3ccnc3C(C)C)c(C)s2)n[nH]1. The molecule has 3 rings (SSSR count). The van der Waals surface area contributed by atoms with Gasteiger partial charge in [0.1, 0.15) is 11.5 Å². The molecular formula is C18H25N5O2S2. The third-order valence-corrected chi connectivity index (χ3v) is 7.04. The number of aromatic amines is 1. The standard InChI is InChI=1S/C18H25N5O2S2/c1-12(2)18-19-7-9-23(18)8-5-6-20-27(24,25)17-11-16(26-14(17)4)15-10-13(3)21-22-15/h7,9-12,20H,5-6,8H2,1-4H3,(H,21,22). The largest absolute Gasteiger partial charge is 0.335 e. The first-order valence-corrected chi connectivity index (χ1v) is 11.2. The van der Waals surface area contributed by atoms with Gasteiger partial charge in [0.05, 0.1) is 9.77 Å². The maximum absolute atomic E-state index is 12.7. The quantitative estimate of drug-likeness (QED) is 0.560. The zero-order chi connectivity index (χ0) is 19.6. The lowest BCUT2D eigenvalue weighted by Gasteiger charge is -2.11. The van der Waals surface area contributed by atoms with Crippen molar-refractivity contribution in [1.82, 2.24) is 24.5 Å². The van der Waals surface area contributed by atoms with Crippen LogP contribution in [0.4, 0.5) is 0 Å². The minimum absolute atomic E-state index is 0.327. The number of H-pyrrole nitrogens is 1. The van der Waals surface area contributed by atoms with Gasteiger partial charge in [-0.3, -0.25) is 5.10 Å². The summed E-state index contributed by atoms with van der Waals surface area (Å²) in [6, 6.07) is 3.61. The van der Waals surface area contributed by atoms with Gasteiger partial charge in [0.15, 0.2) is 0 Å². The van der Waals surface area contributed by atoms with Crippen molar-refractivity contribution in [2.24, 2.45) is 0 Å². The molecule has 0 bridgehead atoms. The number of aryl methyl sites for hydroxylation is 3. The van der Waals surface area contributed by atoms with Crippen LogP contribution in [0.15, 0.2) is 29.4 Å². The summed E-state index contributed by atoms with van der Waals surface area (Å²) < 4.78 is 30.2. The third kappa shape index (κ3) is 4.48. The van der Waals surface area contributed by atoms with Crippen LogP contribution in [0.2, 0.25) is 0 Å². The smallest absolute Gasteiger partial charge is 0.241 e. The molecular weight excluding hydrogens is 382 g/mol. The first-order valence-electron chi connectivity index (χ1n) is 8.91. The Kier molecular flexibility index (Phi) is 5.83. The van der Waals surface area contributed by atoms with E-state index in [1.165, 1.54) is 11.3 Å². The van der Waals surface area contributed by atoms with E-state index in [-0.39, 0.29) is 0 Å². The van der Waals surface area contributed by atoms with Crippen LogP contribution in [0, 0.1) is 13.8 Å². The zero-order valence-corrected chi connectivity index (χ0v) is 17.6. The molecule has 3 heterocycles. The topological polar surface area (TPSA) is 92.7 Å². The summed E-state index contributed by atoms with van der Waals surface area (Å²) >= 11 is 1.44. The zero-order valence-electron chi connectivity index (χ0n) is 16.0. The third-order valence-electron chi connectivity index (χ3n) is 4.25. The minimum atomic E-state index is -3.54. The Morgan fingerprint density at radius 3 is 2.74 bits per heavy atom. The van der Waals surface area contributed by atoms with E-state index in [1.54, 1.807) is 12.3 Å². The molecule has 0 atom stereocenters. The molecule has 3 aromatic heterocycles. The van der Waals surface area contributed by atoms with Gasteiger partial charge in [0, 0.05) is 42.0 Å². The average molecular weight is 408 g/mol. The fourth-order valence-corrected chi connectivity index (χ4v) is 5.57. The van der Waals surface area contributed by atoms with Gasteiger partial charge in [-0.15, -0.1) is 11.3 Å². The van der Waals surface area contributed by atoms with E-state index < -0.39 is 10.0 Å². The van der Waals surface area contributed by atoms with E-state index in [0.29, 0.717) is 23.8 Å². The molecule has 0 unspecified atom stereocenters. The fraction of sp³-hybridized carbons (Fsp3) is 0.444. The predicted octanol–water partition coefficient (Wildman–Crippen LogP) is 3.44. The number of thiophene rings is 1. The van der Waals surface area contributed by atoms with Crippen molar-refractivity contribution in [3.05, 3.63) is 40.9 Å². The normalized spacial score (nSPS) is 12.2. The number of nitrogens with zero attached hydrogens (tertiary/aromatic N) is 3. The van der Waals surface area contributed by atoms with Crippen LogP contribution < -0.4 is 4.72 Å². The van der Waals surface area contributed by atoms with Gasteiger partial charge >= 0.3 is 0 Å². The van der Waals surface area contributed by atoms with Crippen LogP contribution >= 0.6 is 11.3 Å². The second-order valence-corrected chi connectivity index (χ2v) is 9.84. The summed E-state index contributed by atoms with van der Waals surface area (Å²) in [5.74, 6) is 1.36. The number of aromatic nitrogens is 4. The van der Waals surface area contributed by atoms with Gasteiger partial charge in [-0.25, -0.2) is 18.1 Å². The average Bonchev–Trinajstić information content (AvgIpc) is 3.31. The molecule has 0 radical (unpaired) electrons. The number of sulfonamides is 1. The van der Waals surface area contributed by atoms with Crippen molar-refractivity contribution in [1.29, 1.82) is 0 Å². The van der Waals surface area contributed by atoms with Crippen LogP contribution in [0.5, 0.6) is 0 Å². The summed E-state index contributed by atoms with van der Waals surface area (Å²) in [4.78, 5) is 6.28. The Bertz CT molecular complexity index is 1010. The van der Waals surface area contributed by atoms with E-state index in [9.17, 15) is 8.42 Å². The molecule has 2 N–H and O–H groups in total. The number of rotatable bonds is 8. The van der Waals surface area contributed by atoms with Crippen LogP contribution in [0.1, 0.15) is 42.6 Å². The van der Waals surface area contributed by atoms with Crippen molar-refractivity contribution >= 4 is 21.4 Å². The molecule has 27 heavy (non-hydrogen) atoms. The van der Waals surface area contributed by atoms with Crippen molar-refractivity contribution in [3.63, 3.8) is 0 Å². The van der Waals surface area contributed by atoms with Crippen molar-refractivity contribution in [3.8, 4) is 10.6 Å². The van der Waals surface area contributed by atoms with Crippen LogP contribution in [0.25, 0.3) is 10.6 Å². The van der Waals surface area contributed by atoms with Gasteiger partial charge in [-0.2, -0.15) is 5.10 Å². The molecule has 0 aliphatic rings. The Labute approximate surface area is 163 Å². The number of hydrogen-bond acceptors (Lipinski definition) is 5. The first-order chi connectivity index (χ1) is 12.8. The molecule has 7 nitrogen and oxygen atoms in total. The molecule has 0 aliphatic carbocycles. The lowest BCUT2D eigenvalue weighted by molar-refractivity contribution is 0.559. The molecule has 9 heteroatoms. The Morgan fingerprint density at radius 1 is 1.30 bits per heavy atom. The number of imidazole rings is 1. The number of nitrogens with one attached hydrogen (secondary N) is 2. The van der Waals surface area contributed by atoms with E-state index in [0.717, 1.165) is 33.5 Å². The summed E-state index contributed by atoms with van der Waals surface area (Å²) in [5.41, 5.74) is 1.71. The van der Waals surface area contributed by atoms with Crippen LogP contribution in [0.3, 0.4) is 0 Å². The maximum Gasteiger partial charge on any atom is 0.241 e. The molecule has 0 saturated heterocycles. The lowest BCUT2D eigenvalue weighted by atomic mass is 10.2. The minimum Gasteiger partial charge on any atom is -0.335 e. The highest BCUT2D eigenvalue weighted by molar-refractivity contribution is 7.89. The molecule has 0 aliphatic heterocycles. The molecule has 0 saturated carbocycles. The Morgan fingerprint density at radius 2 is 2.07 bits per heavy atom. The van der Waals surface area contributed by atoms with Crippen molar-refractivity contribution < 1.29 is 8.42 Å². The molecule has 0 fully saturated rings. The van der Waals surface area contributed by atoms with E-state index in [4.69, 9.17) is 0 Å². The van der Waals surface area contributed by atoms with Gasteiger partial charge in [-0.1, -0.05) is 13.8 Å². The van der Waals surface area contributed by atoms with Gasteiger partial charge in [-0.05, 0) is 32.4 Å². The van der Waals surface area contributed by atoms with Crippen LogP contribution in [-0.2, 0) is 16.6 Å². The first kappa shape index (κ1) is 19.8. The van der Waals surface area contributed by atoms with Gasteiger partial charge < -0.3 is 4.57 Å². The second kappa shape index (κ2) is 7.95. The summed E-state index contributed by atoms with van der Waals surface area (Å²) in [5, 5.41) is 7.10. The lowest BCUT2D eigenvalue weighted by Crippen LogP contribution is -2.25. The molecule has 146 valence electrons. The predicted molar refractivity (Wildman–Crippen MR) is 107 cm³/mol. The Hall–Kier alpha value is -1.97. The maximum atomic E-state index is 12.7. The summed E-state index contributed by atoms with van der Waals surface area (Å²) in [6.45, 7) is 9.04. The van der Waals surface area contributed by atoms with Gasteiger partial charge in [0.25, 0.3) is 0 Å². The fourth-order valence-electron chi connectivity index (χ4n) is 2.95. The van der Waals surface area contributed by atoms with Crippen molar-refractivity contribution in [2.45, 2.75) is 51.5 Å². The Balaban J connectivity index is 1.63. The summed E-state index contributed by atoms with van der Waals surface area (Å²) in [7, 11) is -3.54. The van der Waals surface area contributed by atoms with Gasteiger partial charge in [0.2, 0.25) is 10.0 Å². The monoisotopic (exact) mass is 407 g/mol. The second-order valence-electron chi connectivity index (χ2n) is 6.85. The highest BCUT2D eigenvalue weighted by Crippen LogP contribution is 2.32. The van der Waals surface area contributed by atoms with E-state index in [2.05, 4.69) is 38.3 Å². The van der Waals surface area contributed by atoms with E-state index >= 15 is 0 Å². The van der Waals surface area contributed by atoms with Crippen molar-refractivity contribution in [2.75, 3.05) is 6.54 Å². The summed E-state index contributed by atoms with van der Waals surface area (Å²) in [6.07, 6.45) is 4.42. The molecule has 0 aromatic carbocycles.